The van der Waals surface area contributed by atoms with Gasteiger partial charge in [0.05, 0.1) is 5.69 Å². The molecule has 0 bridgehead atoms. The predicted octanol–water partition coefficient (Wildman–Crippen LogP) is 1.48. The highest BCUT2D eigenvalue weighted by Gasteiger charge is 2.15. The SMILES string of the molecule is NCc1cccc2nc(CC3CCCCN3)cn12. The predicted molar refractivity (Wildman–Crippen MR) is 72.4 cm³/mol. The number of aromatic nitrogens is 2. The average molecular weight is 244 g/mol. The number of hydrogen-bond acceptors (Lipinski definition) is 3. The zero-order valence-corrected chi connectivity index (χ0v) is 10.6. The summed E-state index contributed by atoms with van der Waals surface area (Å²) in [6.45, 7) is 1.70. The molecule has 0 amide bonds. The van der Waals surface area contributed by atoms with E-state index in [-0.39, 0.29) is 0 Å². The monoisotopic (exact) mass is 244 g/mol. The lowest BCUT2D eigenvalue weighted by atomic mass is 10.0. The molecule has 2 aromatic heterocycles. The Kier molecular flexibility index (Phi) is 3.30. The van der Waals surface area contributed by atoms with Gasteiger partial charge in [-0.2, -0.15) is 0 Å². The number of piperidine rings is 1. The summed E-state index contributed by atoms with van der Waals surface area (Å²) >= 11 is 0. The van der Waals surface area contributed by atoms with Gasteiger partial charge in [0.2, 0.25) is 0 Å². The van der Waals surface area contributed by atoms with Crippen LogP contribution in [0.4, 0.5) is 0 Å². The molecule has 3 heterocycles. The van der Waals surface area contributed by atoms with E-state index >= 15 is 0 Å². The molecule has 3 N–H and O–H groups in total. The minimum atomic E-state index is 0.550. The second kappa shape index (κ2) is 5.08. The molecule has 0 aromatic carbocycles. The normalized spacial score (nSPS) is 20.4. The summed E-state index contributed by atoms with van der Waals surface area (Å²) in [7, 11) is 0. The van der Waals surface area contributed by atoms with Gasteiger partial charge < -0.3 is 15.5 Å². The van der Waals surface area contributed by atoms with Gasteiger partial charge in [0.25, 0.3) is 0 Å². The molecule has 3 rings (SSSR count). The van der Waals surface area contributed by atoms with E-state index in [0.29, 0.717) is 12.6 Å². The molecule has 0 aliphatic carbocycles. The van der Waals surface area contributed by atoms with E-state index in [1.807, 2.05) is 12.1 Å². The molecule has 1 atom stereocenters. The van der Waals surface area contributed by atoms with Crippen LogP contribution in [0, 0.1) is 0 Å². The maximum absolute atomic E-state index is 5.75. The number of imidazole rings is 1. The molecule has 0 saturated carbocycles. The zero-order valence-electron chi connectivity index (χ0n) is 10.6. The number of nitrogens with zero attached hydrogens (tertiary/aromatic N) is 2. The van der Waals surface area contributed by atoms with Crippen LogP contribution in [-0.4, -0.2) is 22.0 Å². The first-order chi connectivity index (χ1) is 8.86. The zero-order chi connectivity index (χ0) is 12.4. The lowest BCUT2D eigenvalue weighted by Crippen LogP contribution is -2.35. The van der Waals surface area contributed by atoms with E-state index in [0.717, 1.165) is 30.0 Å². The van der Waals surface area contributed by atoms with Gasteiger partial charge in [0.1, 0.15) is 5.65 Å². The molecule has 1 saturated heterocycles. The summed E-state index contributed by atoms with van der Waals surface area (Å²) in [4.78, 5) is 4.68. The van der Waals surface area contributed by atoms with E-state index < -0.39 is 0 Å². The molecule has 1 unspecified atom stereocenters. The van der Waals surface area contributed by atoms with Crippen molar-refractivity contribution < 1.29 is 0 Å². The minimum Gasteiger partial charge on any atom is -0.325 e. The smallest absolute Gasteiger partial charge is 0.137 e. The molecule has 1 fully saturated rings. The first-order valence-corrected chi connectivity index (χ1v) is 6.76. The number of fused-ring (bicyclic) bond motifs is 1. The first-order valence-electron chi connectivity index (χ1n) is 6.76. The quantitative estimate of drug-likeness (QED) is 0.860. The molecule has 18 heavy (non-hydrogen) atoms. The Bertz CT molecular complexity index is 526. The molecular weight excluding hydrogens is 224 g/mol. The lowest BCUT2D eigenvalue weighted by Gasteiger charge is -2.22. The van der Waals surface area contributed by atoms with Crippen LogP contribution in [0.25, 0.3) is 5.65 Å². The first kappa shape index (κ1) is 11.7. The molecule has 0 spiro atoms. The molecule has 1 aliphatic heterocycles. The van der Waals surface area contributed by atoms with Crippen LogP contribution < -0.4 is 11.1 Å². The van der Waals surface area contributed by atoms with Gasteiger partial charge in [-0.1, -0.05) is 12.5 Å². The highest BCUT2D eigenvalue weighted by molar-refractivity contribution is 5.42. The molecular formula is C14H20N4. The van der Waals surface area contributed by atoms with Gasteiger partial charge in [0, 0.05) is 30.9 Å². The van der Waals surface area contributed by atoms with Crippen molar-refractivity contribution in [2.45, 2.75) is 38.3 Å². The van der Waals surface area contributed by atoms with Crippen molar-refractivity contribution in [1.29, 1.82) is 0 Å². The van der Waals surface area contributed by atoms with E-state index in [2.05, 4.69) is 27.0 Å². The molecule has 4 nitrogen and oxygen atoms in total. The van der Waals surface area contributed by atoms with Crippen LogP contribution in [0.3, 0.4) is 0 Å². The number of rotatable bonds is 3. The Labute approximate surface area is 107 Å². The summed E-state index contributed by atoms with van der Waals surface area (Å²) in [5.74, 6) is 0. The van der Waals surface area contributed by atoms with Crippen LogP contribution in [0.5, 0.6) is 0 Å². The Balaban J connectivity index is 1.84. The van der Waals surface area contributed by atoms with E-state index in [1.54, 1.807) is 0 Å². The van der Waals surface area contributed by atoms with Gasteiger partial charge in [0.15, 0.2) is 0 Å². The Morgan fingerprint density at radius 3 is 3.11 bits per heavy atom. The van der Waals surface area contributed by atoms with Crippen molar-refractivity contribution >= 4 is 5.65 Å². The third-order valence-electron chi connectivity index (χ3n) is 3.70. The van der Waals surface area contributed by atoms with Crippen molar-refractivity contribution in [2.24, 2.45) is 5.73 Å². The van der Waals surface area contributed by atoms with Gasteiger partial charge in [-0.3, -0.25) is 0 Å². The van der Waals surface area contributed by atoms with E-state index in [4.69, 9.17) is 5.73 Å². The van der Waals surface area contributed by atoms with E-state index in [9.17, 15) is 0 Å². The van der Waals surface area contributed by atoms with Crippen LogP contribution in [0.2, 0.25) is 0 Å². The molecule has 1 aliphatic rings. The largest absolute Gasteiger partial charge is 0.325 e. The minimum absolute atomic E-state index is 0.550. The van der Waals surface area contributed by atoms with Crippen molar-refractivity contribution in [3.63, 3.8) is 0 Å². The van der Waals surface area contributed by atoms with Gasteiger partial charge in [-0.15, -0.1) is 0 Å². The van der Waals surface area contributed by atoms with Crippen LogP contribution in [0.15, 0.2) is 24.4 Å². The Hall–Kier alpha value is -1.39. The summed E-state index contributed by atoms with van der Waals surface area (Å²) in [6, 6.07) is 6.70. The fourth-order valence-electron chi connectivity index (χ4n) is 2.73. The summed E-state index contributed by atoms with van der Waals surface area (Å²) in [5, 5.41) is 3.57. The van der Waals surface area contributed by atoms with Gasteiger partial charge in [-0.05, 0) is 31.5 Å². The van der Waals surface area contributed by atoms with Crippen molar-refractivity contribution in [2.75, 3.05) is 6.54 Å². The lowest BCUT2D eigenvalue weighted by molar-refractivity contribution is 0.397. The molecule has 0 radical (unpaired) electrons. The third kappa shape index (κ3) is 2.26. The highest BCUT2D eigenvalue weighted by atomic mass is 15.0. The van der Waals surface area contributed by atoms with Gasteiger partial charge in [-0.25, -0.2) is 4.98 Å². The second-order valence-electron chi connectivity index (χ2n) is 5.03. The summed E-state index contributed by atoms with van der Waals surface area (Å²) < 4.78 is 2.11. The van der Waals surface area contributed by atoms with Crippen molar-refractivity contribution in [3.8, 4) is 0 Å². The van der Waals surface area contributed by atoms with Crippen LogP contribution >= 0.6 is 0 Å². The number of nitrogens with two attached hydrogens (primary N) is 1. The number of nitrogens with one attached hydrogen (secondary N) is 1. The maximum Gasteiger partial charge on any atom is 0.137 e. The van der Waals surface area contributed by atoms with Crippen molar-refractivity contribution in [3.05, 3.63) is 35.8 Å². The van der Waals surface area contributed by atoms with E-state index in [1.165, 1.54) is 19.3 Å². The molecule has 96 valence electrons. The van der Waals surface area contributed by atoms with Crippen LogP contribution in [0.1, 0.15) is 30.7 Å². The van der Waals surface area contributed by atoms with Gasteiger partial charge >= 0.3 is 0 Å². The topological polar surface area (TPSA) is 55.3 Å². The molecule has 4 heteroatoms. The maximum atomic E-state index is 5.75. The summed E-state index contributed by atoms with van der Waals surface area (Å²) in [6.07, 6.45) is 7.05. The highest BCUT2D eigenvalue weighted by Crippen LogP contribution is 2.14. The molecule has 2 aromatic rings. The number of hydrogen-bond donors (Lipinski definition) is 2. The Morgan fingerprint density at radius 2 is 2.33 bits per heavy atom. The fraction of sp³-hybridized carbons (Fsp3) is 0.500. The standard InChI is InChI=1S/C14H20N4/c15-9-13-5-3-6-14-17-12(10-18(13)14)8-11-4-1-2-7-16-11/h3,5-6,10-11,16H,1-2,4,7-9,15H2. The van der Waals surface area contributed by atoms with Crippen molar-refractivity contribution in [1.82, 2.24) is 14.7 Å². The summed E-state index contributed by atoms with van der Waals surface area (Å²) in [5.41, 5.74) is 9.03. The Morgan fingerprint density at radius 1 is 1.39 bits per heavy atom. The van der Waals surface area contributed by atoms with Crippen LogP contribution in [-0.2, 0) is 13.0 Å². The number of pyridine rings is 1. The average Bonchev–Trinajstić information content (AvgIpc) is 2.82. The third-order valence-corrected chi connectivity index (χ3v) is 3.70. The second-order valence-corrected chi connectivity index (χ2v) is 5.03. The fourth-order valence-corrected chi connectivity index (χ4v) is 2.73.